The van der Waals surface area contributed by atoms with Crippen LogP contribution >= 0.6 is 11.3 Å². The summed E-state index contributed by atoms with van der Waals surface area (Å²) in [4.78, 5) is 15.7. The Morgan fingerprint density at radius 1 is 1.41 bits per heavy atom. The van der Waals surface area contributed by atoms with E-state index in [0.29, 0.717) is 22.8 Å². The van der Waals surface area contributed by atoms with Crippen molar-refractivity contribution < 1.29 is 13.2 Å². The SMILES string of the molecule is CCc1nn(C)c(C(N)=O)c1NS(=O)(=O)c1sc(C)nc1C. The van der Waals surface area contributed by atoms with Crippen molar-refractivity contribution in [2.75, 3.05) is 4.72 Å². The van der Waals surface area contributed by atoms with Crippen molar-refractivity contribution >= 4 is 33.0 Å². The van der Waals surface area contributed by atoms with Crippen molar-refractivity contribution in [2.24, 2.45) is 12.8 Å². The molecule has 2 rings (SSSR count). The third-order valence-corrected chi connectivity index (χ3v) is 6.06. The minimum atomic E-state index is -3.85. The van der Waals surface area contributed by atoms with Gasteiger partial charge in [0.25, 0.3) is 15.9 Å². The summed E-state index contributed by atoms with van der Waals surface area (Å²) in [5.74, 6) is -0.746. The molecule has 120 valence electrons. The van der Waals surface area contributed by atoms with Gasteiger partial charge in [0.15, 0.2) is 4.21 Å². The minimum Gasteiger partial charge on any atom is -0.364 e. The summed E-state index contributed by atoms with van der Waals surface area (Å²) in [5, 5.41) is 4.78. The van der Waals surface area contributed by atoms with E-state index in [4.69, 9.17) is 5.73 Å². The zero-order valence-electron chi connectivity index (χ0n) is 12.7. The Morgan fingerprint density at radius 3 is 2.50 bits per heavy atom. The number of aryl methyl sites for hydroxylation is 4. The molecule has 0 unspecified atom stereocenters. The largest absolute Gasteiger partial charge is 0.364 e. The molecule has 0 fully saturated rings. The molecule has 0 bridgehead atoms. The lowest BCUT2D eigenvalue weighted by Crippen LogP contribution is -2.20. The number of carbonyl (C=O) groups excluding carboxylic acids is 1. The van der Waals surface area contributed by atoms with Crippen LogP contribution in [0.3, 0.4) is 0 Å². The smallest absolute Gasteiger partial charge is 0.273 e. The quantitative estimate of drug-likeness (QED) is 0.837. The number of nitrogens with zero attached hydrogens (tertiary/aromatic N) is 3. The van der Waals surface area contributed by atoms with E-state index < -0.39 is 15.9 Å². The molecule has 2 heterocycles. The fraction of sp³-hybridized carbons (Fsp3) is 0.417. The normalized spacial score (nSPS) is 11.6. The summed E-state index contributed by atoms with van der Waals surface area (Å²) in [5.41, 5.74) is 6.36. The fourth-order valence-electron chi connectivity index (χ4n) is 2.16. The highest BCUT2D eigenvalue weighted by Crippen LogP contribution is 2.28. The predicted octanol–water partition coefficient (Wildman–Crippen LogP) is 0.956. The highest BCUT2D eigenvalue weighted by atomic mass is 32.2. The van der Waals surface area contributed by atoms with Crippen LogP contribution in [0.25, 0.3) is 0 Å². The number of hydrogen-bond acceptors (Lipinski definition) is 6. The molecule has 0 saturated heterocycles. The molecule has 0 aliphatic heterocycles. The van der Waals surface area contributed by atoms with Gasteiger partial charge in [-0.05, 0) is 20.3 Å². The Kier molecular flexibility index (Phi) is 4.25. The summed E-state index contributed by atoms with van der Waals surface area (Å²) in [6.07, 6.45) is 0.458. The Hall–Kier alpha value is -1.94. The van der Waals surface area contributed by atoms with Gasteiger partial charge in [-0.2, -0.15) is 5.10 Å². The van der Waals surface area contributed by atoms with E-state index in [-0.39, 0.29) is 15.6 Å². The highest BCUT2D eigenvalue weighted by Gasteiger charge is 2.27. The predicted molar refractivity (Wildman–Crippen MR) is 83.5 cm³/mol. The molecule has 0 spiro atoms. The molecule has 0 atom stereocenters. The summed E-state index contributed by atoms with van der Waals surface area (Å²) < 4.78 is 29.0. The maximum absolute atomic E-state index is 12.6. The summed E-state index contributed by atoms with van der Waals surface area (Å²) in [6.45, 7) is 5.16. The van der Waals surface area contributed by atoms with E-state index in [9.17, 15) is 13.2 Å². The second-order valence-corrected chi connectivity index (χ2v) is 7.80. The molecule has 2 aromatic heterocycles. The number of aromatic nitrogens is 3. The first-order valence-corrected chi connectivity index (χ1v) is 8.79. The second-order valence-electron chi connectivity index (χ2n) is 4.72. The molecule has 0 aliphatic rings. The van der Waals surface area contributed by atoms with Crippen molar-refractivity contribution in [3.8, 4) is 0 Å². The Morgan fingerprint density at radius 2 is 2.05 bits per heavy atom. The number of carbonyl (C=O) groups is 1. The Balaban J connectivity index is 2.55. The Bertz CT molecular complexity index is 835. The van der Waals surface area contributed by atoms with Crippen LogP contribution in [0.5, 0.6) is 0 Å². The van der Waals surface area contributed by atoms with Crippen molar-refractivity contribution in [1.29, 1.82) is 0 Å². The zero-order valence-corrected chi connectivity index (χ0v) is 14.3. The number of primary amides is 1. The lowest BCUT2D eigenvalue weighted by Gasteiger charge is -2.08. The first-order chi connectivity index (χ1) is 10.2. The molecule has 0 aromatic carbocycles. The van der Waals surface area contributed by atoms with Crippen LogP contribution in [0.4, 0.5) is 5.69 Å². The van der Waals surface area contributed by atoms with Gasteiger partial charge in [-0.15, -0.1) is 11.3 Å². The second kappa shape index (κ2) is 5.69. The zero-order chi connectivity index (χ0) is 16.7. The number of hydrogen-bond donors (Lipinski definition) is 2. The maximum Gasteiger partial charge on any atom is 0.273 e. The summed E-state index contributed by atoms with van der Waals surface area (Å²) in [7, 11) is -2.31. The molecule has 22 heavy (non-hydrogen) atoms. The molecular weight excluding hydrogens is 326 g/mol. The highest BCUT2D eigenvalue weighted by molar-refractivity contribution is 7.94. The van der Waals surface area contributed by atoms with Crippen LogP contribution in [0, 0.1) is 13.8 Å². The van der Waals surface area contributed by atoms with Crippen molar-refractivity contribution in [3.63, 3.8) is 0 Å². The number of rotatable bonds is 5. The van der Waals surface area contributed by atoms with Crippen molar-refractivity contribution in [2.45, 2.75) is 31.4 Å². The molecule has 10 heteroatoms. The molecule has 3 N–H and O–H groups in total. The van der Waals surface area contributed by atoms with Crippen LogP contribution in [-0.2, 0) is 23.5 Å². The number of sulfonamides is 1. The van der Waals surface area contributed by atoms with E-state index in [1.807, 2.05) is 6.92 Å². The van der Waals surface area contributed by atoms with Gasteiger partial charge < -0.3 is 5.73 Å². The van der Waals surface area contributed by atoms with E-state index in [1.54, 1.807) is 20.9 Å². The number of amides is 1. The molecular formula is C12H17N5O3S2. The van der Waals surface area contributed by atoms with E-state index >= 15 is 0 Å². The third-order valence-electron chi connectivity index (χ3n) is 3.03. The van der Waals surface area contributed by atoms with Gasteiger partial charge in [0.2, 0.25) is 0 Å². The fourth-order valence-corrected chi connectivity index (χ4v) is 4.74. The van der Waals surface area contributed by atoms with E-state index in [1.165, 1.54) is 4.68 Å². The van der Waals surface area contributed by atoms with Crippen LogP contribution in [0.2, 0.25) is 0 Å². The third kappa shape index (κ3) is 2.83. The van der Waals surface area contributed by atoms with Gasteiger partial charge in [0.05, 0.1) is 16.4 Å². The van der Waals surface area contributed by atoms with Gasteiger partial charge in [-0.3, -0.25) is 14.2 Å². The molecule has 0 radical (unpaired) electrons. The molecule has 1 amide bonds. The number of thiazole rings is 1. The molecule has 0 saturated carbocycles. The lowest BCUT2D eigenvalue weighted by molar-refractivity contribution is 0.0992. The van der Waals surface area contributed by atoms with Gasteiger partial charge in [0.1, 0.15) is 11.4 Å². The van der Waals surface area contributed by atoms with Crippen LogP contribution in [-0.4, -0.2) is 29.1 Å². The average molecular weight is 343 g/mol. The average Bonchev–Trinajstić information content (AvgIpc) is 2.89. The standard InChI is InChI=1S/C12H17N5O3S2/c1-5-8-9(10(11(13)18)17(4)15-8)16-22(19,20)12-6(2)14-7(3)21-12/h16H,5H2,1-4H3,(H2,13,18). The van der Waals surface area contributed by atoms with Crippen LogP contribution in [0.15, 0.2) is 4.21 Å². The first-order valence-electron chi connectivity index (χ1n) is 6.49. The summed E-state index contributed by atoms with van der Waals surface area (Å²) >= 11 is 1.07. The molecule has 2 aromatic rings. The maximum atomic E-state index is 12.6. The van der Waals surface area contributed by atoms with E-state index in [0.717, 1.165) is 11.3 Å². The van der Waals surface area contributed by atoms with Gasteiger partial charge in [0, 0.05) is 7.05 Å². The van der Waals surface area contributed by atoms with Crippen LogP contribution in [0.1, 0.15) is 33.8 Å². The van der Waals surface area contributed by atoms with Crippen molar-refractivity contribution in [3.05, 3.63) is 22.1 Å². The van der Waals surface area contributed by atoms with E-state index in [2.05, 4.69) is 14.8 Å². The lowest BCUT2D eigenvalue weighted by atomic mass is 10.2. The van der Waals surface area contributed by atoms with Gasteiger partial charge in [-0.25, -0.2) is 13.4 Å². The Labute approximate surface area is 132 Å². The summed E-state index contributed by atoms with van der Waals surface area (Å²) in [6, 6.07) is 0. The number of nitrogens with two attached hydrogens (primary N) is 1. The van der Waals surface area contributed by atoms with Crippen molar-refractivity contribution in [1.82, 2.24) is 14.8 Å². The molecule has 8 nitrogen and oxygen atoms in total. The first kappa shape index (κ1) is 16.4. The monoisotopic (exact) mass is 343 g/mol. The van der Waals surface area contributed by atoms with Gasteiger partial charge >= 0.3 is 0 Å². The topological polar surface area (TPSA) is 120 Å². The minimum absolute atomic E-state index is 0.0271. The van der Waals surface area contributed by atoms with Gasteiger partial charge in [-0.1, -0.05) is 6.92 Å². The molecule has 0 aliphatic carbocycles. The number of nitrogens with one attached hydrogen (secondary N) is 1. The number of anilines is 1. The van der Waals surface area contributed by atoms with Crippen LogP contribution < -0.4 is 10.5 Å².